The van der Waals surface area contributed by atoms with Gasteiger partial charge in [-0.3, -0.25) is 19.2 Å². The molecule has 49 heavy (non-hydrogen) atoms. The third-order valence-corrected chi connectivity index (χ3v) is 9.16. The van der Waals surface area contributed by atoms with E-state index < -0.39 is 0 Å². The van der Waals surface area contributed by atoms with Crippen molar-refractivity contribution in [3.05, 3.63) is 155 Å². The number of fused-ring (bicyclic) bond motifs is 2. The van der Waals surface area contributed by atoms with Gasteiger partial charge in [0.25, 0.3) is 23.6 Å². The van der Waals surface area contributed by atoms with Crippen LogP contribution < -0.4 is 21.3 Å². The molecule has 0 spiro atoms. The van der Waals surface area contributed by atoms with E-state index in [4.69, 9.17) is 11.5 Å². The molecule has 0 saturated carbocycles. The van der Waals surface area contributed by atoms with E-state index in [-0.39, 0.29) is 23.6 Å². The van der Waals surface area contributed by atoms with Gasteiger partial charge in [0.1, 0.15) is 0 Å². The quantitative estimate of drug-likeness (QED) is 0.147. The van der Waals surface area contributed by atoms with Crippen molar-refractivity contribution in [3.8, 4) is 33.4 Å². The summed E-state index contributed by atoms with van der Waals surface area (Å²) in [5, 5.41) is 0. The van der Waals surface area contributed by atoms with Crippen molar-refractivity contribution in [1.29, 1.82) is 0 Å². The van der Waals surface area contributed by atoms with Crippen LogP contribution in [0.1, 0.15) is 47.0 Å². The second-order valence-corrected chi connectivity index (χ2v) is 12.2. The Bertz CT molecular complexity index is 2380. The molecule has 0 aromatic heterocycles. The van der Waals surface area contributed by atoms with Crippen molar-refractivity contribution in [2.45, 2.75) is 6.92 Å². The van der Waals surface area contributed by atoms with Gasteiger partial charge in [-0.05, 0) is 119 Å². The van der Waals surface area contributed by atoms with Gasteiger partial charge in [-0.1, -0.05) is 54.6 Å². The lowest BCUT2D eigenvalue weighted by atomic mass is 10.00. The smallest absolute Gasteiger partial charge is 0.266 e. The summed E-state index contributed by atoms with van der Waals surface area (Å²) in [5.74, 6) is -1.50. The van der Waals surface area contributed by atoms with Crippen LogP contribution in [0, 0.1) is 6.92 Å². The minimum Gasteiger partial charge on any atom is -0.399 e. The van der Waals surface area contributed by atoms with Crippen LogP contribution in [0.25, 0.3) is 33.4 Å². The first-order chi connectivity index (χ1) is 23.7. The number of anilines is 4. The molecule has 0 radical (unpaired) electrons. The largest absolute Gasteiger partial charge is 0.399 e. The Hall–Kier alpha value is -6.80. The monoisotopic (exact) mass is 640 g/mol. The molecule has 4 amide bonds. The molecule has 2 aliphatic rings. The van der Waals surface area contributed by atoms with E-state index in [0.717, 1.165) is 38.9 Å². The molecule has 0 saturated heterocycles. The number of rotatable bonds is 5. The molecule has 6 aromatic rings. The van der Waals surface area contributed by atoms with Crippen molar-refractivity contribution in [2.75, 3.05) is 21.3 Å². The molecule has 0 unspecified atom stereocenters. The Balaban J connectivity index is 1.03. The number of carbonyl (C=O) groups excluding carboxylic acids is 4. The second kappa shape index (κ2) is 11.2. The summed E-state index contributed by atoms with van der Waals surface area (Å²) in [5.41, 5.74) is 21.2. The Morgan fingerprint density at radius 3 is 1.24 bits per heavy atom. The maximum absolute atomic E-state index is 13.6. The Morgan fingerprint density at radius 2 is 0.755 bits per heavy atom. The van der Waals surface area contributed by atoms with Gasteiger partial charge >= 0.3 is 0 Å². The molecular weight excluding hydrogens is 612 g/mol. The average Bonchev–Trinajstić information content (AvgIpc) is 3.52. The average molecular weight is 641 g/mol. The maximum atomic E-state index is 13.6. The van der Waals surface area contributed by atoms with Crippen molar-refractivity contribution in [3.63, 3.8) is 0 Å². The van der Waals surface area contributed by atoms with Crippen LogP contribution in [0.15, 0.2) is 127 Å². The van der Waals surface area contributed by atoms with E-state index >= 15 is 0 Å². The van der Waals surface area contributed by atoms with E-state index in [2.05, 4.69) is 0 Å². The minimum absolute atomic E-state index is 0.351. The fraction of sp³-hybridized carbons (Fsp3) is 0.0244. The van der Waals surface area contributed by atoms with Gasteiger partial charge in [0.05, 0.1) is 33.6 Å². The summed E-state index contributed by atoms with van der Waals surface area (Å²) >= 11 is 0. The Labute approximate surface area is 281 Å². The highest BCUT2D eigenvalue weighted by atomic mass is 16.2. The number of benzene rings is 6. The first-order valence-electron chi connectivity index (χ1n) is 15.7. The van der Waals surface area contributed by atoms with Crippen LogP contribution in [0.2, 0.25) is 0 Å². The van der Waals surface area contributed by atoms with Crippen LogP contribution >= 0.6 is 0 Å². The van der Waals surface area contributed by atoms with Gasteiger partial charge in [0.2, 0.25) is 0 Å². The molecule has 0 atom stereocenters. The molecule has 6 aromatic carbocycles. The zero-order valence-electron chi connectivity index (χ0n) is 26.3. The third-order valence-electron chi connectivity index (χ3n) is 9.16. The molecule has 2 heterocycles. The van der Waals surface area contributed by atoms with Crippen molar-refractivity contribution in [1.82, 2.24) is 0 Å². The Morgan fingerprint density at radius 1 is 0.388 bits per heavy atom. The van der Waals surface area contributed by atoms with Gasteiger partial charge < -0.3 is 11.5 Å². The number of nitrogens with zero attached hydrogens (tertiary/aromatic N) is 2. The van der Waals surface area contributed by atoms with Gasteiger partial charge in [-0.15, -0.1) is 0 Å². The van der Waals surface area contributed by atoms with E-state index in [1.54, 1.807) is 66.7 Å². The van der Waals surface area contributed by atoms with Crippen molar-refractivity contribution < 1.29 is 19.2 Å². The summed E-state index contributed by atoms with van der Waals surface area (Å²) < 4.78 is 0. The van der Waals surface area contributed by atoms with Gasteiger partial charge in [-0.25, -0.2) is 9.80 Å². The minimum atomic E-state index is -0.383. The van der Waals surface area contributed by atoms with Gasteiger partial charge in [0, 0.05) is 11.4 Å². The number of nitrogens with two attached hydrogens (primary N) is 2. The molecule has 2 aliphatic heterocycles. The molecular formula is C41H28N4O4. The number of aryl methyl sites for hydroxylation is 1. The molecule has 8 heteroatoms. The molecule has 4 N–H and O–H groups in total. The number of amides is 4. The van der Waals surface area contributed by atoms with Crippen LogP contribution in [0.3, 0.4) is 0 Å². The zero-order valence-corrected chi connectivity index (χ0v) is 26.3. The fourth-order valence-corrected chi connectivity index (χ4v) is 6.53. The second-order valence-electron chi connectivity index (χ2n) is 12.2. The van der Waals surface area contributed by atoms with Crippen LogP contribution in [0.4, 0.5) is 22.7 Å². The van der Waals surface area contributed by atoms with Crippen molar-refractivity contribution in [2.24, 2.45) is 0 Å². The predicted molar refractivity (Wildman–Crippen MR) is 191 cm³/mol. The van der Waals surface area contributed by atoms with Crippen LogP contribution in [0.5, 0.6) is 0 Å². The number of nitrogen functional groups attached to an aromatic ring is 2. The highest BCUT2D eigenvalue weighted by Gasteiger charge is 2.38. The number of carbonyl (C=O) groups is 4. The topological polar surface area (TPSA) is 127 Å². The first-order valence-corrected chi connectivity index (χ1v) is 15.7. The molecule has 8 nitrogen and oxygen atoms in total. The van der Waals surface area contributed by atoms with Crippen molar-refractivity contribution >= 4 is 46.4 Å². The van der Waals surface area contributed by atoms with E-state index in [1.165, 1.54) is 9.80 Å². The predicted octanol–water partition coefficient (Wildman–Crippen LogP) is 7.76. The summed E-state index contributed by atoms with van der Waals surface area (Å²) in [6.45, 7) is 1.86. The van der Waals surface area contributed by atoms with Crippen LogP contribution in [-0.4, -0.2) is 23.6 Å². The number of hydrogen-bond acceptors (Lipinski definition) is 6. The highest BCUT2D eigenvalue weighted by Crippen LogP contribution is 2.37. The molecule has 0 aliphatic carbocycles. The Kier molecular flexibility index (Phi) is 6.75. The lowest BCUT2D eigenvalue weighted by Gasteiger charge is -2.18. The van der Waals surface area contributed by atoms with E-state index in [1.807, 2.05) is 67.6 Å². The SMILES string of the molecule is Cc1cc(-c2ccc(N3C(=O)c4ccc(-c5ccc(N)cc5)cc4C3=O)cc2)ccc1N1C(=O)c2ccc(-c3ccc(N)cc3)cc2C1=O. The van der Waals surface area contributed by atoms with E-state index in [0.29, 0.717) is 45.0 Å². The number of imide groups is 2. The molecule has 0 bridgehead atoms. The lowest BCUT2D eigenvalue weighted by Crippen LogP contribution is -2.30. The maximum Gasteiger partial charge on any atom is 0.266 e. The third kappa shape index (κ3) is 4.85. The molecule has 0 fully saturated rings. The fourth-order valence-electron chi connectivity index (χ4n) is 6.53. The highest BCUT2D eigenvalue weighted by molar-refractivity contribution is 6.35. The summed E-state index contributed by atoms with van der Waals surface area (Å²) in [6.07, 6.45) is 0. The molecule has 236 valence electrons. The van der Waals surface area contributed by atoms with Crippen LogP contribution in [-0.2, 0) is 0 Å². The standard InChI is InChI=1S/C41H28N4O4/c1-23-20-27(10-19-37(23)45-39(47)34-18-9-29(22-36(34)41(45)49)25-4-13-31(43)14-5-25)26-6-15-32(16-7-26)44-38(46)33-17-8-28(21-35(33)40(44)48)24-2-11-30(42)12-3-24/h2-22H,42-43H2,1H3. The number of hydrogen-bond donors (Lipinski definition) is 2. The van der Waals surface area contributed by atoms with E-state index in [9.17, 15) is 19.2 Å². The molecule has 8 rings (SSSR count). The zero-order chi connectivity index (χ0) is 34.0. The normalized spacial score (nSPS) is 13.7. The lowest BCUT2D eigenvalue weighted by molar-refractivity contribution is 0.0910. The summed E-state index contributed by atoms with van der Waals surface area (Å²) in [7, 11) is 0. The summed E-state index contributed by atoms with van der Waals surface area (Å²) in [6, 6.07) is 37.9. The summed E-state index contributed by atoms with van der Waals surface area (Å²) in [4.78, 5) is 56.2. The van der Waals surface area contributed by atoms with Gasteiger partial charge in [0.15, 0.2) is 0 Å². The van der Waals surface area contributed by atoms with Gasteiger partial charge in [-0.2, -0.15) is 0 Å². The first kappa shape index (κ1) is 29.6.